The van der Waals surface area contributed by atoms with Crippen LogP contribution >= 0.6 is 0 Å². The van der Waals surface area contributed by atoms with Crippen LogP contribution in [0.3, 0.4) is 0 Å². The zero-order valence-corrected chi connectivity index (χ0v) is 22.6. The van der Waals surface area contributed by atoms with Crippen LogP contribution in [-0.2, 0) is 22.5 Å². The molecule has 0 bridgehead atoms. The molecule has 35 heavy (non-hydrogen) atoms. The molecule has 2 aromatic carbocycles. The molecule has 0 N–H and O–H groups in total. The van der Waals surface area contributed by atoms with Gasteiger partial charge in [0.25, 0.3) is 0 Å². The Hall–Kier alpha value is -2.33. The van der Waals surface area contributed by atoms with Crippen molar-refractivity contribution in [3.05, 3.63) is 65.7 Å². The lowest BCUT2D eigenvalue weighted by Crippen LogP contribution is -2.44. The molecular formula is C31H48NO3+. The minimum Gasteiger partial charge on any atom is -0.457 e. The fourth-order valence-electron chi connectivity index (χ4n) is 4.69. The third-order valence-corrected chi connectivity index (χ3v) is 6.52. The topological polar surface area (TPSA) is 35.5 Å². The fraction of sp³-hybridized carbons (Fsp3) is 0.581. The molecule has 2 aromatic rings. The predicted octanol–water partition coefficient (Wildman–Crippen LogP) is 7.55. The van der Waals surface area contributed by atoms with Crippen LogP contribution in [0.4, 0.5) is 0 Å². The van der Waals surface area contributed by atoms with E-state index in [4.69, 9.17) is 9.47 Å². The monoisotopic (exact) mass is 482 g/mol. The van der Waals surface area contributed by atoms with Gasteiger partial charge >= 0.3 is 5.97 Å². The second kappa shape index (κ2) is 16.4. The Bertz CT molecular complexity index is 834. The highest BCUT2D eigenvalue weighted by Crippen LogP contribution is 2.18. The number of hydrogen-bond acceptors (Lipinski definition) is 3. The average molecular weight is 483 g/mol. The molecule has 0 aliphatic carbocycles. The zero-order valence-electron chi connectivity index (χ0n) is 22.6. The van der Waals surface area contributed by atoms with E-state index in [2.05, 4.69) is 57.4 Å². The average Bonchev–Trinajstić information content (AvgIpc) is 2.83. The second-order valence-electron chi connectivity index (χ2n) is 10.6. The number of benzene rings is 2. The lowest BCUT2D eigenvalue weighted by molar-refractivity contribution is -0.905. The number of aryl methyl sites for hydroxylation is 1. The number of carbonyl (C=O) groups excluding carboxylic acids is 1. The van der Waals surface area contributed by atoms with Gasteiger partial charge in [0.15, 0.2) is 0 Å². The van der Waals surface area contributed by atoms with Crippen LogP contribution in [0.2, 0.25) is 0 Å². The Morgan fingerprint density at radius 1 is 0.829 bits per heavy atom. The van der Waals surface area contributed by atoms with E-state index in [1.54, 1.807) is 0 Å². The molecule has 0 heterocycles. The molecule has 4 nitrogen and oxygen atoms in total. The molecular weight excluding hydrogens is 434 g/mol. The first-order chi connectivity index (χ1) is 16.9. The van der Waals surface area contributed by atoms with E-state index >= 15 is 0 Å². The van der Waals surface area contributed by atoms with Crippen molar-refractivity contribution < 1.29 is 18.8 Å². The first-order valence-corrected chi connectivity index (χ1v) is 13.6. The third kappa shape index (κ3) is 12.8. The maximum absolute atomic E-state index is 12.5. The summed E-state index contributed by atoms with van der Waals surface area (Å²) in [4.78, 5) is 12.5. The molecule has 0 spiro atoms. The standard InChI is InChI=1S/C31H48NO3/c1-5-6-7-8-9-10-11-12-14-18-28-21-17-22-30(23-28)34-26-35-31(33)27(2)24-32(3,4)25-29-19-15-13-16-20-29/h13,15-17,19-23,27H,5-12,14,18,24-26H2,1-4H3/q+1. The molecule has 1 unspecified atom stereocenters. The normalized spacial score (nSPS) is 12.3. The number of quaternary nitrogens is 1. The van der Waals surface area contributed by atoms with Crippen molar-refractivity contribution in [2.75, 3.05) is 27.4 Å². The van der Waals surface area contributed by atoms with E-state index in [-0.39, 0.29) is 18.7 Å². The van der Waals surface area contributed by atoms with Gasteiger partial charge in [0.05, 0.1) is 20.6 Å². The molecule has 4 heteroatoms. The van der Waals surface area contributed by atoms with Gasteiger partial charge in [-0.05, 0) is 37.5 Å². The molecule has 0 radical (unpaired) electrons. The number of ether oxygens (including phenoxy) is 2. The van der Waals surface area contributed by atoms with Crippen LogP contribution in [0.5, 0.6) is 5.75 Å². The number of carbonyl (C=O) groups is 1. The van der Waals surface area contributed by atoms with Crippen LogP contribution in [0.1, 0.15) is 82.8 Å². The van der Waals surface area contributed by atoms with E-state index in [1.807, 2.05) is 25.1 Å². The molecule has 0 aliphatic rings. The molecule has 194 valence electrons. The molecule has 0 aromatic heterocycles. The Kier molecular flexibility index (Phi) is 13.5. The highest BCUT2D eigenvalue weighted by Gasteiger charge is 2.25. The first kappa shape index (κ1) is 28.9. The minimum absolute atomic E-state index is 0.0449. The van der Waals surface area contributed by atoms with Gasteiger partial charge in [0, 0.05) is 5.56 Å². The Balaban J connectivity index is 1.63. The number of esters is 1. The van der Waals surface area contributed by atoms with E-state index in [0.29, 0.717) is 6.54 Å². The van der Waals surface area contributed by atoms with Gasteiger partial charge in [-0.3, -0.25) is 4.79 Å². The third-order valence-electron chi connectivity index (χ3n) is 6.52. The summed E-state index contributed by atoms with van der Waals surface area (Å²) in [5.41, 5.74) is 2.55. The summed E-state index contributed by atoms with van der Waals surface area (Å²) in [7, 11) is 4.29. The summed E-state index contributed by atoms with van der Waals surface area (Å²) < 4.78 is 11.9. The van der Waals surface area contributed by atoms with E-state index < -0.39 is 0 Å². The summed E-state index contributed by atoms with van der Waals surface area (Å²) >= 11 is 0. The second-order valence-corrected chi connectivity index (χ2v) is 10.6. The maximum Gasteiger partial charge on any atom is 0.317 e. The zero-order chi connectivity index (χ0) is 25.4. The lowest BCUT2D eigenvalue weighted by atomic mass is 10.0. The largest absolute Gasteiger partial charge is 0.457 e. The molecule has 0 aliphatic heterocycles. The van der Waals surface area contributed by atoms with Crippen LogP contribution < -0.4 is 4.74 Å². The SMILES string of the molecule is CCCCCCCCCCCc1cccc(OCOC(=O)C(C)C[N+](C)(C)Cc2ccccc2)c1. The Morgan fingerprint density at radius 2 is 1.46 bits per heavy atom. The first-order valence-electron chi connectivity index (χ1n) is 13.6. The molecule has 0 saturated heterocycles. The van der Waals surface area contributed by atoms with Crippen LogP contribution in [0.25, 0.3) is 0 Å². The molecule has 0 saturated carbocycles. The molecule has 1 atom stereocenters. The Morgan fingerprint density at radius 3 is 2.14 bits per heavy atom. The van der Waals surface area contributed by atoms with Gasteiger partial charge in [-0.1, -0.05) is 101 Å². The van der Waals surface area contributed by atoms with Gasteiger partial charge < -0.3 is 14.0 Å². The highest BCUT2D eigenvalue weighted by molar-refractivity contribution is 5.72. The van der Waals surface area contributed by atoms with Crippen LogP contribution in [0.15, 0.2) is 54.6 Å². The summed E-state index contributed by atoms with van der Waals surface area (Å²) in [5.74, 6) is 0.351. The number of nitrogens with zero attached hydrogens (tertiary/aromatic N) is 1. The molecule has 2 rings (SSSR count). The van der Waals surface area contributed by atoms with Crippen molar-refractivity contribution in [1.82, 2.24) is 0 Å². The van der Waals surface area contributed by atoms with Crippen molar-refractivity contribution in [3.63, 3.8) is 0 Å². The van der Waals surface area contributed by atoms with Crippen LogP contribution in [0, 0.1) is 5.92 Å². The van der Waals surface area contributed by atoms with Crippen molar-refractivity contribution in [1.29, 1.82) is 0 Å². The number of unbranched alkanes of at least 4 members (excludes halogenated alkanes) is 8. The van der Waals surface area contributed by atoms with Gasteiger partial charge in [0.1, 0.15) is 18.2 Å². The Labute approximate surface area is 214 Å². The molecule has 0 fully saturated rings. The highest BCUT2D eigenvalue weighted by atomic mass is 16.7. The summed E-state index contributed by atoms with van der Waals surface area (Å²) in [6.07, 6.45) is 13.1. The predicted molar refractivity (Wildman–Crippen MR) is 145 cm³/mol. The van der Waals surface area contributed by atoms with Gasteiger partial charge in [0.2, 0.25) is 6.79 Å². The van der Waals surface area contributed by atoms with Crippen LogP contribution in [-0.4, -0.2) is 37.9 Å². The number of rotatable bonds is 18. The van der Waals surface area contributed by atoms with Crippen molar-refractivity contribution in [3.8, 4) is 5.75 Å². The summed E-state index contributed by atoms with van der Waals surface area (Å²) in [6.45, 7) is 5.74. The van der Waals surface area contributed by atoms with Crippen molar-refractivity contribution in [2.24, 2.45) is 5.92 Å². The van der Waals surface area contributed by atoms with E-state index in [9.17, 15) is 4.79 Å². The van der Waals surface area contributed by atoms with Crippen molar-refractivity contribution in [2.45, 2.75) is 84.6 Å². The molecule has 0 amide bonds. The van der Waals surface area contributed by atoms with E-state index in [1.165, 1.54) is 68.9 Å². The quantitative estimate of drug-likeness (QED) is 0.0952. The minimum atomic E-state index is -0.213. The van der Waals surface area contributed by atoms with Gasteiger partial charge in [-0.25, -0.2) is 0 Å². The lowest BCUT2D eigenvalue weighted by Gasteiger charge is -2.31. The maximum atomic E-state index is 12.5. The van der Waals surface area contributed by atoms with Gasteiger partial charge in [-0.2, -0.15) is 0 Å². The summed E-state index contributed by atoms with van der Waals surface area (Å²) in [5, 5.41) is 0. The number of hydrogen-bond donors (Lipinski definition) is 0. The summed E-state index contributed by atoms with van der Waals surface area (Å²) in [6, 6.07) is 18.5. The fourth-order valence-corrected chi connectivity index (χ4v) is 4.69. The van der Waals surface area contributed by atoms with Crippen molar-refractivity contribution >= 4 is 5.97 Å². The van der Waals surface area contributed by atoms with Gasteiger partial charge in [-0.15, -0.1) is 0 Å². The van der Waals surface area contributed by atoms with E-state index in [0.717, 1.165) is 23.2 Å². The smallest absolute Gasteiger partial charge is 0.317 e.